The molecule has 2 aromatic rings. The van der Waals surface area contributed by atoms with Crippen LogP contribution in [0.4, 0.5) is 15.2 Å². The number of hydrogen-bond donors (Lipinski definition) is 2. The molecule has 1 unspecified atom stereocenters. The van der Waals surface area contributed by atoms with Gasteiger partial charge in [-0.2, -0.15) is 0 Å². The summed E-state index contributed by atoms with van der Waals surface area (Å²) in [4.78, 5) is 6.14. The summed E-state index contributed by atoms with van der Waals surface area (Å²) >= 11 is 1.15. The first-order chi connectivity index (χ1) is 14.1. The molecular formula is C21H29FN4O2S2. The minimum absolute atomic E-state index is 0.0993. The van der Waals surface area contributed by atoms with Crippen LogP contribution in [0.25, 0.3) is 0 Å². The molecule has 2 N–H and O–H groups in total. The SMILES string of the molecule is CCc1cc(S(=O)(=O)Nc2nccs2)c(F)cc1NCC12CCCN1CC(C)(C)C2. The maximum absolute atomic E-state index is 14.9. The number of aromatic nitrogens is 1. The Morgan fingerprint density at radius 2 is 2.13 bits per heavy atom. The van der Waals surface area contributed by atoms with Crippen LogP contribution in [-0.4, -0.2) is 43.5 Å². The van der Waals surface area contributed by atoms with E-state index in [9.17, 15) is 12.8 Å². The zero-order valence-corrected chi connectivity index (χ0v) is 19.3. The molecule has 6 nitrogen and oxygen atoms in total. The van der Waals surface area contributed by atoms with E-state index < -0.39 is 15.8 Å². The van der Waals surface area contributed by atoms with E-state index in [2.05, 4.69) is 33.8 Å². The standard InChI is InChI=1S/C21H29FN4O2S2/c1-4-15-10-18(30(27,28)25-19-23-7-9-29-19)16(22)11-17(15)24-13-21-6-5-8-26(21)14-20(2,3)12-21/h7,9-11,24H,4-6,8,12-14H2,1-3H3,(H,23,25). The van der Waals surface area contributed by atoms with Crippen LogP contribution in [0.2, 0.25) is 0 Å². The second-order valence-corrected chi connectivity index (χ2v) is 11.7. The molecule has 0 spiro atoms. The van der Waals surface area contributed by atoms with Crippen LogP contribution in [0, 0.1) is 11.2 Å². The molecule has 0 saturated carbocycles. The number of aryl methyl sites for hydroxylation is 1. The molecule has 2 saturated heterocycles. The van der Waals surface area contributed by atoms with Gasteiger partial charge >= 0.3 is 0 Å². The quantitative estimate of drug-likeness (QED) is 0.654. The summed E-state index contributed by atoms with van der Waals surface area (Å²) in [5, 5.41) is 5.35. The van der Waals surface area contributed by atoms with Crippen LogP contribution in [0.15, 0.2) is 28.6 Å². The smallest absolute Gasteiger partial charge is 0.266 e. The molecule has 0 amide bonds. The monoisotopic (exact) mass is 452 g/mol. The first-order valence-electron chi connectivity index (χ1n) is 10.4. The fourth-order valence-electron chi connectivity index (χ4n) is 5.13. The van der Waals surface area contributed by atoms with Gasteiger partial charge in [-0.1, -0.05) is 20.8 Å². The number of rotatable bonds is 7. The average Bonchev–Trinajstić information content (AvgIpc) is 3.34. The molecule has 3 heterocycles. The molecule has 0 bridgehead atoms. The van der Waals surface area contributed by atoms with Crippen LogP contribution in [0.5, 0.6) is 0 Å². The average molecular weight is 453 g/mol. The van der Waals surface area contributed by atoms with Crippen molar-refractivity contribution in [1.29, 1.82) is 0 Å². The lowest BCUT2D eigenvalue weighted by Crippen LogP contribution is -2.44. The minimum atomic E-state index is -4.04. The zero-order valence-electron chi connectivity index (χ0n) is 17.7. The van der Waals surface area contributed by atoms with E-state index in [1.54, 1.807) is 5.38 Å². The molecular weight excluding hydrogens is 423 g/mol. The molecule has 1 atom stereocenters. The Hall–Kier alpha value is -1.71. The van der Waals surface area contributed by atoms with Crippen molar-refractivity contribution in [2.45, 2.75) is 56.9 Å². The molecule has 1 aromatic heterocycles. The second kappa shape index (κ2) is 7.76. The number of nitrogens with one attached hydrogen (secondary N) is 2. The predicted octanol–water partition coefficient (Wildman–Crippen LogP) is 4.32. The van der Waals surface area contributed by atoms with Gasteiger partial charge in [0.1, 0.15) is 10.7 Å². The number of nitrogens with zero attached hydrogens (tertiary/aromatic N) is 2. The zero-order chi connectivity index (χ0) is 21.6. The van der Waals surface area contributed by atoms with Gasteiger partial charge in [-0.05, 0) is 55.3 Å². The van der Waals surface area contributed by atoms with Gasteiger partial charge in [0.2, 0.25) is 0 Å². The summed E-state index contributed by atoms with van der Waals surface area (Å²) in [5.74, 6) is -0.758. The van der Waals surface area contributed by atoms with Gasteiger partial charge in [0.15, 0.2) is 5.13 Å². The summed E-state index contributed by atoms with van der Waals surface area (Å²) in [6.45, 7) is 9.50. The summed E-state index contributed by atoms with van der Waals surface area (Å²) in [6.07, 6.45) is 5.54. The molecule has 30 heavy (non-hydrogen) atoms. The summed E-state index contributed by atoms with van der Waals surface area (Å²) in [7, 11) is -4.04. The Bertz CT molecular complexity index is 1020. The molecule has 2 aliphatic rings. The molecule has 4 rings (SSSR count). The van der Waals surface area contributed by atoms with Crippen molar-refractivity contribution in [3.8, 4) is 0 Å². The number of thiazole rings is 1. The largest absolute Gasteiger partial charge is 0.383 e. The Morgan fingerprint density at radius 3 is 2.83 bits per heavy atom. The number of fused-ring (bicyclic) bond motifs is 1. The third-order valence-corrected chi connectivity index (χ3v) is 8.43. The van der Waals surface area contributed by atoms with E-state index in [1.165, 1.54) is 24.8 Å². The van der Waals surface area contributed by atoms with E-state index in [1.807, 2.05) is 6.92 Å². The van der Waals surface area contributed by atoms with Gasteiger partial charge in [-0.15, -0.1) is 11.3 Å². The lowest BCUT2D eigenvalue weighted by molar-refractivity contribution is 0.209. The van der Waals surface area contributed by atoms with Crippen molar-refractivity contribution in [3.05, 3.63) is 35.1 Å². The van der Waals surface area contributed by atoms with E-state index in [-0.39, 0.29) is 21.0 Å². The summed E-state index contributed by atoms with van der Waals surface area (Å²) in [6, 6.07) is 2.77. The topological polar surface area (TPSA) is 74.3 Å². The van der Waals surface area contributed by atoms with Gasteiger partial charge in [0, 0.05) is 35.9 Å². The van der Waals surface area contributed by atoms with Crippen molar-refractivity contribution in [2.24, 2.45) is 5.41 Å². The molecule has 0 radical (unpaired) electrons. The molecule has 0 aliphatic carbocycles. The Morgan fingerprint density at radius 1 is 1.33 bits per heavy atom. The van der Waals surface area contributed by atoms with E-state index in [0.29, 0.717) is 12.1 Å². The van der Waals surface area contributed by atoms with Crippen LogP contribution >= 0.6 is 11.3 Å². The van der Waals surface area contributed by atoms with Gasteiger partial charge in [0.25, 0.3) is 10.0 Å². The normalized spacial score (nSPS) is 23.5. The first kappa shape index (κ1) is 21.5. The van der Waals surface area contributed by atoms with Gasteiger partial charge in [-0.25, -0.2) is 17.8 Å². The van der Waals surface area contributed by atoms with Crippen LogP contribution in [-0.2, 0) is 16.4 Å². The third kappa shape index (κ3) is 4.07. The molecule has 9 heteroatoms. The lowest BCUT2D eigenvalue weighted by Gasteiger charge is -2.33. The molecule has 2 aliphatic heterocycles. The highest BCUT2D eigenvalue weighted by atomic mass is 32.2. The minimum Gasteiger partial charge on any atom is -0.383 e. The fraction of sp³-hybridized carbons (Fsp3) is 0.571. The Kier molecular flexibility index (Phi) is 5.57. The molecule has 1 aromatic carbocycles. The number of hydrogen-bond acceptors (Lipinski definition) is 6. The number of halogens is 1. The number of anilines is 2. The van der Waals surface area contributed by atoms with Gasteiger partial charge in [0.05, 0.1) is 0 Å². The number of benzene rings is 1. The lowest BCUT2D eigenvalue weighted by atomic mass is 9.82. The van der Waals surface area contributed by atoms with E-state index in [0.717, 1.165) is 49.4 Å². The third-order valence-electron chi connectivity index (χ3n) is 6.26. The maximum Gasteiger partial charge on any atom is 0.266 e. The van der Waals surface area contributed by atoms with Crippen molar-refractivity contribution < 1.29 is 12.8 Å². The predicted molar refractivity (Wildman–Crippen MR) is 119 cm³/mol. The summed E-state index contributed by atoms with van der Waals surface area (Å²) in [5.41, 5.74) is 1.84. The highest BCUT2D eigenvalue weighted by Crippen LogP contribution is 2.47. The highest BCUT2D eigenvalue weighted by Gasteiger charge is 2.51. The Balaban J connectivity index is 1.57. The van der Waals surface area contributed by atoms with Crippen molar-refractivity contribution in [1.82, 2.24) is 9.88 Å². The first-order valence-corrected chi connectivity index (χ1v) is 12.7. The Labute approximate surface area is 182 Å². The fourth-order valence-corrected chi connectivity index (χ4v) is 7.03. The molecule has 164 valence electrons. The van der Waals surface area contributed by atoms with Crippen molar-refractivity contribution in [3.63, 3.8) is 0 Å². The van der Waals surface area contributed by atoms with Crippen LogP contribution < -0.4 is 10.0 Å². The van der Waals surface area contributed by atoms with Crippen LogP contribution in [0.3, 0.4) is 0 Å². The molecule has 2 fully saturated rings. The van der Waals surface area contributed by atoms with Crippen LogP contribution in [0.1, 0.15) is 45.6 Å². The van der Waals surface area contributed by atoms with Gasteiger partial charge in [-0.3, -0.25) is 9.62 Å². The van der Waals surface area contributed by atoms with Crippen molar-refractivity contribution in [2.75, 3.05) is 29.7 Å². The van der Waals surface area contributed by atoms with E-state index in [4.69, 9.17) is 0 Å². The van der Waals surface area contributed by atoms with Gasteiger partial charge < -0.3 is 5.32 Å². The van der Waals surface area contributed by atoms with Crippen molar-refractivity contribution >= 4 is 32.2 Å². The second-order valence-electron chi connectivity index (χ2n) is 9.18. The maximum atomic E-state index is 14.9. The van der Waals surface area contributed by atoms with E-state index >= 15 is 0 Å². The summed E-state index contributed by atoms with van der Waals surface area (Å²) < 4.78 is 42.6. The highest BCUT2D eigenvalue weighted by molar-refractivity contribution is 7.93. The number of sulfonamides is 1.